The molecular formula is C10H8N8S2. The Morgan fingerprint density at radius 2 is 2.15 bits per heavy atom. The maximum Gasteiger partial charge on any atom is 0.238 e. The molecule has 0 amide bonds. The van der Waals surface area contributed by atoms with E-state index in [1.807, 2.05) is 4.40 Å². The number of thiophene rings is 1. The normalized spacial score (nSPS) is 11.7. The molecule has 0 unspecified atom stereocenters. The van der Waals surface area contributed by atoms with Crippen LogP contribution >= 0.6 is 23.1 Å². The van der Waals surface area contributed by atoms with Crippen molar-refractivity contribution in [2.75, 3.05) is 0 Å². The van der Waals surface area contributed by atoms with Crippen molar-refractivity contribution in [1.82, 2.24) is 40.2 Å². The minimum Gasteiger partial charge on any atom is -0.259 e. The summed E-state index contributed by atoms with van der Waals surface area (Å²) in [6.45, 7) is 4.17. The Bertz CT molecular complexity index is 906. The van der Waals surface area contributed by atoms with E-state index in [2.05, 4.69) is 49.7 Å². The lowest BCUT2D eigenvalue weighted by Gasteiger charge is -1.97. The summed E-state index contributed by atoms with van der Waals surface area (Å²) in [5.41, 5.74) is 2.01. The molecule has 0 saturated heterocycles. The number of aryl methyl sites for hydroxylation is 2. The van der Waals surface area contributed by atoms with Crippen molar-refractivity contribution in [3.63, 3.8) is 0 Å². The Kier molecular flexibility index (Phi) is 2.47. The monoisotopic (exact) mass is 304 g/mol. The van der Waals surface area contributed by atoms with Crippen molar-refractivity contribution in [2.24, 2.45) is 0 Å². The van der Waals surface area contributed by atoms with Gasteiger partial charge in [-0.3, -0.25) is 4.40 Å². The number of aromatic amines is 1. The van der Waals surface area contributed by atoms with Gasteiger partial charge < -0.3 is 0 Å². The van der Waals surface area contributed by atoms with Gasteiger partial charge in [0.15, 0.2) is 5.65 Å². The first-order chi connectivity index (χ1) is 9.74. The van der Waals surface area contributed by atoms with E-state index in [1.165, 1.54) is 22.2 Å². The molecule has 100 valence electrons. The van der Waals surface area contributed by atoms with Crippen LogP contribution in [0.4, 0.5) is 0 Å². The van der Waals surface area contributed by atoms with Crippen molar-refractivity contribution in [3.8, 4) is 0 Å². The minimum absolute atomic E-state index is 0.498. The predicted molar refractivity (Wildman–Crippen MR) is 73.9 cm³/mol. The average Bonchev–Trinajstić information content (AvgIpc) is 3.13. The number of hydrogen-bond acceptors (Lipinski definition) is 8. The van der Waals surface area contributed by atoms with E-state index in [1.54, 1.807) is 17.7 Å². The number of hydrogen-bond donors (Lipinski definition) is 1. The van der Waals surface area contributed by atoms with Crippen LogP contribution in [-0.2, 0) is 0 Å². The molecule has 4 aromatic rings. The van der Waals surface area contributed by atoms with E-state index in [0.29, 0.717) is 10.3 Å². The number of nitrogens with one attached hydrogen (secondary N) is 1. The molecule has 0 fully saturated rings. The van der Waals surface area contributed by atoms with Crippen LogP contribution in [0.25, 0.3) is 15.9 Å². The molecule has 0 bridgehead atoms. The van der Waals surface area contributed by atoms with Crippen LogP contribution in [0.2, 0.25) is 0 Å². The molecule has 0 saturated carbocycles. The number of rotatable bonds is 2. The second kappa shape index (κ2) is 4.21. The van der Waals surface area contributed by atoms with Gasteiger partial charge in [-0.15, -0.1) is 31.7 Å². The van der Waals surface area contributed by atoms with Crippen molar-refractivity contribution >= 4 is 39.0 Å². The van der Waals surface area contributed by atoms with Crippen LogP contribution in [0, 0.1) is 13.8 Å². The molecule has 0 aromatic carbocycles. The molecule has 0 spiro atoms. The van der Waals surface area contributed by atoms with Crippen LogP contribution in [0.5, 0.6) is 0 Å². The van der Waals surface area contributed by atoms with Gasteiger partial charge in [0.1, 0.15) is 11.2 Å². The smallest absolute Gasteiger partial charge is 0.238 e. The van der Waals surface area contributed by atoms with Crippen LogP contribution < -0.4 is 0 Å². The topological polar surface area (TPSA) is 97.5 Å². The molecule has 4 rings (SSSR count). The number of H-pyrrole nitrogens is 1. The fourth-order valence-corrected chi connectivity index (χ4v) is 3.61. The van der Waals surface area contributed by atoms with E-state index in [-0.39, 0.29) is 0 Å². The second-order valence-electron chi connectivity index (χ2n) is 4.18. The molecule has 8 nitrogen and oxygen atoms in total. The second-order valence-corrected chi connectivity index (χ2v) is 6.32. The summed E-state index contributed by atoms with van der Waals surface area (Å²) >= 11 is 2.96. The fourth-order valence-electron chi connectivity index (χ4n) is 1.97. The van der Waals surface area contributed by atoms with E-state index in [0.717, 1.165) is 15.9 Å². The Hall–Kier alpha value is -2.07. The zero-order valence-electron chi connectivity index (χ0n) is 10.5. The van der Waals surface area contributed by atoms with Crippen LogP contribution in [0.3, 0.4) is 0 Å². The van der Waals surface area contributed by atoms with E-state index < -0.39 is 0 Å². The summed E-state index contributed by atoms with van der Waals surface area (Å²) in [5, 5.41) is 24.4. The van der Waals surface area contributed by atoms with Gasteiger partial charge in [-0.25, -0.2) is 4.98 Å². The largest absolute Gasteiger partial charge is 0.259 e. The van der Waals surface area contributed by atoms with Gasteiger partial charge in [-0.2, -0.15) is 5.21 Å². The Balaban J connectivity index is 1.95. The Labute approximate surface area is 120 Å². The molecule has 1 N–H and O–H groups in total. The minimum atomic E-state index is 0.498. The highest BCUT2D eigenvalue weighted by molar-refractivity contribution is 7.99. The third-order valence-corrected chi connectivity index (χ3v) is 4.99. The van der Waals surface area contributed by atoms with Crippen molar-refractivity contribution < 1.29 is 0 Å². The zero-order valence-corrected chi connectivity index (χ0v) is 12.2. The van der Waals surface area contributed by atoms with Gasteiger partial charge in [-0.1, -0.05) is 0 Å². The predicted octanol–water partition coefficient (Wildman–Crippen LogP) is 1.62. The Morgan fingerprint density at radius 3 is 2.95 bits per heavy atom. The third kappa shape index (κ3) is 1.61. The molecule has 20 heavy (non-hydrogen) atoms. The summed E-state index contributed by atoms with van der Waals surface area (Å²) in [6.07, 6.45) is 1.73. The zero-order chi connectivity index (χ0) is 13.7. The highest BCUT2D eigenvalue weighted by Gasteiger charge is 2.16. The van der Waals surface area contributed by atoms with Gasteiger partial charge in [-0.05, 0) is 36.4 Å². The van der Waals surface area contributed by atoms with E-state index in [9.17, 15) is 0 Å². The number of aromatic nitrogens is 8. The molecule has 0 aliphatic heterocycles. The summed E-state index contributed by atoms with van der Waals surface area (Å²) < 4.78 is 1.85. The highest BCUT2D eigenvalue weighted by Crippen LogP contribution is 2.32. The van der Waals surface area contributed by atoms with Crippen molar-refractivity contribution in [3.05, 3.63) is 16.8 Å². The summed E-state index contributed by atoms with van der Waals surface area (Å²) in [5.74, 6) is 0. The molecule has 0 aliphatic rings. The van der Waals surface area contributed by atoms with E-state index >= 15 is 0 Å². The summed E-state index contributed by atoms with van der Waals surface area (Å²) in [7, 11) is 0. The lowest BCUT2D eigenvalue weighted by Crippen LogP contribution is -1.91. The molecular weight excluding hydrogens is 296 g/mol. The number of tetrazole rings is 1. The lowest BCUT2D eigenvalue weighted by atomic mass is 10.2. The standard InChI is InChI=1S/C10H8N8S2/c1-4-5(2)19-8-6(4)7-12-15-10(18(7)3-11-8)20-9-13-16-17-14-9/h3H,1-2H3,(H,13,14,16,17). The highest BCUT2D eigenvalue weighted by atomic mass is 32.2. The third-order valence-electron chi connectivity index (χ3n) is 3.05. The maximum atomic E-state index is 4.48. The number of fused-ring (bicyclic) bond motifs is 3. The maximum absolute atomic E-state index is 4.48. The van der Waals surface area contributed by atoms with Gasteiger partial charge in [0.05, 0.1) is 5.39 Å². The molecule has 10 heteroatoms. The molecule has 0 radical (unpaired) electrons. The average molecular weight is 304 g/mol. The molecule has 0 aliphatic carbocycles. The fraction of sp³-hybridized carbons (Fsp3) is 0.200. The van der Waals surface area contributed by atoms with Crippen LogP contribution in [-0.4, -0.2) is 40.2 Å². The summed E-state index contributed by atoms with van der Waals surface area (Å²) in [6, 6.07) is 0. The SMILES string of the molecule is Cc1sc2ncn3c(Sc4nn[nH]n4)nnc3c2c1C. The van der Waals surface area contributed by atoms with Gasteiger partial charge >= 0.3 is 0 Å². The lowest BCUT2D eigenvalue weighted by molar-refractivity contribution is 0.881. The van der Waals surface area contributed by atoms with Crippen LogP contribution in [0.15, 0.2) is 16.6 Å². The molecule has 4 heterocycles. The first-order valence-corrected chi connectivity index (χ1v) is 7.38. The van der Waals surface area contributed by atoms with Gasteiger partial charge in [0.25, 0.3) is 0 Å². The first kappa shape index (κ1) is 11.7. The van der Waals surface area contributed by atoms with E-state index in [4.69, 9.17) is 0 Å². The first-order valence-electron chi connectivity index (χ1n) is 5.75. The Morgan fingerprint density at radius 1 is 1.25 bits per heavy atom. The summed E-state index contributed by atoms with van der Waals surface area (Å²) in [4.78, 5) is 6.71. The quantitative estimate of drug-likeness (QED) is 0.601. The van der Waals surface area contributed by atoms with Gasteiger partial charge in [0.2, 0.25) is 10.3 Å². The molecule has 0 atom stereocenters. The van der Waals surface area contributed by atoms with Gasteiger partial charge in [0, 0.05) is 4.88 Å². The van der Waals surface area contributed by atoms with Crippen molar-refractivity contribution in [1.29, 1.82) is 0 Å². The van der Waals surface area contributed by atoms with Crippen molar-refractivity contribution in [2.45, 2.75) is 24.2 Å². The van der Waals surface area contributed by atoms with Crippen LogP contribution in [0.1, 0.15) is 10.4 Å². The molecule has 4 aromatic heterocycles. The number of nitrogens with zero attached hydrogens (tertiary/aromatic N) is 7.